The van der Waals surface area contributed by atoms with E-state index in [9.17, 15) is 4.39 Å². The van der Waals surface area contributed by atoms with Crippen molar-refractivity contribution in [3.8, 4) is 0 Å². The summed E-state index contributed by atoms with van der Waals surface area (Å²) in [4.78, 5) is 2.06. The van der Waals surface area contributed by atoms with Crippen LogP contribution in [0, 0.1) is 5.82 Å². The third-order valence-electron chi connectivity index (χ3n) is 2.48. The van der Waals surface area contributed by atoms with E-state index in [2.05, 4.69) is 4.90 Å². The van der Waals surface area contributed by atoms with E-state index in [-0.39, 0.29) is 18.5 Å². The molecule has 0 aliphatic rings. The van der Waals surface area contributed by atoms with Gasteiger partial charge in [-0.2, -0.15) is 0 Å². The molecule has 1 aromatic rings. The van der Waals surface area contributed by atoms with Crippen molar-refractivity contribution in [2.24, 2.45) is 0 Å². The van der Waals surface area contributed by atoms with E-state index in [1.165, 1.54) is 12.1 Å². The van der Waals surface area contributed by atoms with E-state index in [1.54, 1.807) is 6.07 Å². The predicted octanol–water partition coefficient (Wildman–Crippen LogP) is 2.01. The molecule has 0 aliphatic heterocycles. The van der Waals surface area contributed by atoms with Crippen molar-refractivity contribution >= 4 is 11.4 Å². The molecular weight excluding hydrogens is 207 g/mol. The van der Waals surface area contributed by atoms with Gasteiger partial charge < -0.3 is 15.7 Å². The molecule has 0 fully saturated rings. The molecule has 0 saturated heterocycles. The maximum Gasteiger partial charge on any atom is 0.125 e. The molecular formula is C12H19FN2O. The summed E-state index contributed by atoms with van der Waals surface area (Å²) in [5.74, 6) is -0.327. The van der Waals surface area contributed by atoms with Gasteiger partial charge in [0.2, 0.25) is 0 Å². The third-order valence-corrected chi connectivity index (χ3v) is 2.48. The lowest BCUT2D eigenvalue weighted by Gasteiger charge is -2.30. The molecule has 0 spiro atoms. The predicted molar refractivity (Wildman–Crippen MR) is 65.0 cm³/mol. The van der Waals surface area contributed by atoms with E-state index in [1.807, 2.05) is 13.8 Å². The number of aliphatic hydroxyl groups excluding tert-OH is 1. The Morgan fingerprint density at radius 3 is 2.62 bits per heavy atom. The van der Waals surface area contributed by atoms with Crippen molar-refractivity contribution in [2.75, 3.05) is 23.8 Å². The number of benzene rings is 1. The van der Waals surface area contributed by atoms with Crippen molar-refractivity contribution in [3.05, 3.63) is 24.0 Å². The molecule has 0 atom stereocenters. The Labute approximate surface area is 95.7 Å². The first-order chi connectivity index (χ1) is 7.56. The average Bonchev–Trinajstić information content (AvgIpc) is 2.20. The summed E-state index contributed by atoms with van der Waals surface area (Å²) >= 11 is 0. The molecule has 16 heavy (non-hydrogen) atoms. The quantitative estimate of drug-likeness (QED) is 0.755. The smallest absolute Gasteiger partial charge is 0.125 e. The van der Waals surface area contributed by atoms with Crippen LogP contribution in [0.1, 0.15) is 20.3 Å². The summed E-state index contributed by atoms with van der Waals surface area (Å²) < 4.78 is 12.9. The van der Waals surface area contributed by atoms with Gasteiger partial charge in [0.25, 0.3) is 0 Å². The lowest BCUT2D eigenvalue weighted by atomic mass is 10.2. The monoisotopic (exact) mass is 226 g/mol. The molecule has 0 radical (unpaired) electrons. The highest BCUT2D eigenvalue weighted by molar-refractivity contribution is 5.67. The number of anilines is 2. The lowest BCUT2D eigenvalue weighted by molar-refractivity contribution is 0.288. The van der Waals surface area contributed by atoms with Gasteiger partial charge >= 0.3 is 0 Å². The zero-order valence-corrected chi connectivity index (χ0v) is 9.78. The van der Waals surface area contributed by atoms with Crippen molar-refractivity contribution in [1.29, 1.82) is 0 Å². The van der Waals surface area contributed by atoms with Gasteiger partial charge in [0.1, 0.15) is 5.82 Å². The summed E-state index contributed by atoms with van der Waals surface area (Å²) in [5, 5.41) is 8.84. The first-order valence-electron chi connectivity index (χ1n) is 5.48. The molecule has 0 aliphatic carbocycles. The summed E-state index contributed by atoms with van der Waals surface area (Å²) in [6.07, 6.45) is 0.676. The van der Waals surface area contributed by atoms with E-state index in [0.29, 0.717) is 18.7 Å². The van der Waals surface area contributed by atoms with Crippen LogP contribution in [0.15, 0.2) is 18.2 Å². The highest BCUT2D eigenvalue weighted by Gasteiger charge is 2.13. The molecule has 1 rings (SSSR count). The van der Waals surface area contributed by atoms with Gasteiger partial charge in [0.15, 0.2) is 0 Å². The first-order valence-corrected chi connectivity index (χ1v) is 5.48. The van der Waals surface area contributed by atoms with Gasteiger partial charge in [0, 0.05) is 19.2 Å². The van der Waals surface area contributed by atoms with Gasteiger partial charge in [-0.15, -0.1) is 0 Å². The van der Waals surface area contributed by atoms with E-state index in [4.69, 9.17) is 10.8 Å². The molecule has 0 bridgehead atoms. The van der Waals surface area contributed by atoms with Crippen LogP contribution in [0.25, 0.3) is 0 Å². The minimum absolute atomic E-state index is 0.143. The number of halogens is 1. The standard InChI is InChI=1S/C12H19FN2O/c1-9(2)15(6-3-7-16)12-5-4-10(13)8-11(12)14/h4-5,8-9,16H,3,6-7,14H2,1-2H3. The maximum absolute atomic E-state index is 12.9. The second kappa shape index (κ2) is 5.70. The Hall–Kier alpha value is -1.29. The molecule has 0 unspecified atom stereocenters. The zero-order valence-electron chi connectivity index (χ0n) is 9.78. The lowest BCUT2D eigenvalue weighted by Crippen LogP contribution is -2.32. The fraction of sp³-hybridized carbons (Fsp3) is 0.500. The first kappa shape index (κ1) is 12.8. The van der Waals surface area contributed by atoms with E-state index in [0.717, 1.165) is 5.69 Å². The minimum atomic E-state index is -0.327. The number of hydrogen-bond donors (Lipinski definition) is 2. The van der Waals surface area contributed by atoms with Gasteiger partial charge in [-0.1, -0.05) is 0 Å². The Morgan fingerprint density at radius 2 is 2.12 bits per heavy atom. The Kier molecular flexibility index (Phi) is 4.55. The molecule has 0 heterocycles. The number of nitrogen functional groups attached to an aromatic ring is 1. The van der Waals surface area contributed by atoms with Crippen molar-refractivity contribution in [1.82, 2.24) is 0 Å². The van der Waals surface area contributed by atoms with Gasteiger partial charge in [0.05, 0.1) is 11.4 Å². The molecule has 3 N–H and O–H groups in total. The van der Waals surface area contributed by atoms with Crippen LogP contribution in [0.3, 0.4) is 0 Å². The van der Waals surface area contributed by atoms with Crippen LogP contribution in [0.4, 0.5) is 15.8 Å². The number of hydrogen-bond acceptors (Lipinski definition) is 3. The van der Waals surface area contributed by atoms with Crippen molar-refractivity contribution in [3.63, 3.8) is 0 Å². The summed E-state index contributed by atoms with van der Waals surface area (Å²) in [5.41, 5.74) is 7.05. The number of rotatable bonds is 5. The second-order valence-electron chi connectivity index (χ2n) is 4.07. The minimum Gasteiger partial charge on any atom is -0.397 e. The number of nitrogens with two attached hydrogens (primary N) is 1. The largest absolute Gasteiger partial charge is 0.397 e. The summed E-state index contributed by atoms with van der Waals surface area (Å²) in [7, 11) is 0. The van der Waals surface area contributed by atoms with E-state index < -0.39 is 0 Å². The topological polar surface area (TPSA) is 49.5 Å². The number of aliphatic hydroxyl groups is 1. The normalized spacial score (nSPS) is 10.8. The molecule has 0 aromatic heterocycles. The van der Waals surface area contributed by atoms with Crippen LogP contribution < -0.4 is 10.6 Å². The zero-order chi connectivity index (χ0) is 12.1. The molecule has 0 amide bonds. The molecule has 1 aromatic carbocycles. The van der Waals surface area contributed by atoms with Crippen molar-refractivity contribution < 1.29 is 9.50 Å². The van der Waals surface area contributed by atoms with E-state index >= 15 is 0 Å². The van der Waals surface area contributed by atoms with Crippen LogP contribution in [0.5, 0.6) is 0 Å². The second-order valence-corrected chi connectivity index (χ2v) is 4.07. The fourth-order valence-electron chi connectivity index (χ4n) is 1.68. The van der Waals surface area contributed by atoms with Crippen LogP contribution >= 0.6 is 0 Å². The van der Waals surface area contributed by atoms with Crippen molar-refractivity contribution in [2.45, 2.75) is 26.3 Å². The maximum atomic E-state index is 12.9. The highest BCUT2D eigenvalue weighted by atomic mass is 19.1. The average molecular weight is 226 g/mol. The van der Waals surface area contributed by atoms with Gasteiger partial charge in [-0.05, 0) is 38.5 Å². The molecule has 0 saturated carbocycles. The highest BCUT2D eigenvalue weighted by Crippen LogP contribution is 2.25. The molecule has 3 nitrogen and oxygen atoms in total. The SMILES string of the molecule is CC(C)N(CCCO)c1ccc(F)cc1N. The Morgan fingerprint density at radius 1 is 1.44 bits per heavy atom. The summed E-state index contributed by atoms with van der Waals surface area (Å²) in [6.45, 7) is 4.94. The van der Waals surface area contributed by atoms with Gasteiger partial charge in [-0.25, -0.2) is 4.39 Å². The van der Waals surface area contributed by atoms with Crippen LogP contribution in [-0.4, -0.2) is 24.3 Å². The van der Waals surface area contributed by atoms with Crippen LogP contribution in [-0.2, 0) is 0 Å². The molecule has 90 valence electrons. The number of nitrogens with zero attached hydrogens (tertiary/aromatic N) is 1. The fourth-order valence-corrected chi connectivity index (χ4v) is 1.68. The van der Waals surface area contributed by atoms with Crippen LogP contribution in [0.2, 0.25) is 0 Å². The van der Waals surface area contributed by atoms with Gasteiger partial charge in [-0.3, -0.25) is 0 Å². The Balaban J connectivity index is 2.92. The molecule has 4 heteroatoms. The third kappa shape index (κ3) is 3.10. The Bertz CT molecular complexity index is 342. The summed E-state index contributed by atoms with van der Waals surface area (Å²) in [6, 6.07) is 4.67.